The first kappa shape index (κ1) is 27.1. The summed E-state index contributed by atoms with van der Waals surface area (Å²) < 4.78 is 37.9. The summed E-state index contributed by atoms with van der Waals surface area (Å²) in [5, 5.41) is 3.24. The largest absolute Gasteiger partial charge is 0.462 e. The number of fused-ring (bicyclic) bond motifs is 1. The van der Waals surface area contributed by atoms with Crippen LogP contribution < -0.4 is 5.32 Å². The molecule has 3 heterocycles. The van der Waals surface area contributed by atoms with Crippen LogP contribution >= 0.6 is 11.3 Å². The van der Waals surface area contributed by atoms with Crippen LogP contribution in [-0.4, -0.2) is 68.4 Å². The molecule has 0 aliphatic carbocycles. The summed E-state index contributed by atoms with van der Waals surface area (Å²) in [7, 11) is -3.72. The number of esters is 1. The van der Waals surface area contributed by atoms with Gasteiger partial charge in [0.25, 0.3) is 0 Å². The Bertz CT molecular complexity index is 1260. The van der Waals surface area contributed by atoms with E-state index in [-0.39, 0.29) is 37.1 Å². The lowest BCUT2D eigenvalue weighted by molar-refractivity contribution is -0.120. The topological polar surface area (TPSA) is 122 Å². The van der Waals surface area contributed by atoms with Gasteiger partial charge in [-0.2, -0.15) is 4.31 Å². The van der Waals surface area contributed by atoms with Crippen molar-refractivity contribution in [3.8, 4) is 0 Å². The number of ether oxygens (including phenoxy) is 2. The van der Waals surface area contributed by atoms with Gasteiger partial charge in [-0.1, -0.05) is 18.2 Å². The van der Waals surface area contributed by atoms with E-state index in [1.54, 1.807) is 49.1 Å². The Balaban J connectivity index is 1.54. The van der Waals surface area contributed by atoms with Gasteiger partial charge in [0.15, 0.2) is 0 Å². The molecule has 2 amide bonds. The number of hydrogen-bond acceptors (Lipinski definition) is 8. The first-order chi connectivity index (χ1) is 17.8. The zero-order valence-corrected chi connectivity index (χ0v) is 22.5. The molecule has 0 spiro atoms. The zero-order valence-electron chi connectivity index (χ0n) is 20.9. The van der Waals surface area contributed by atoms with Gasteiger partial charge < -0.3 is 19.7 Å². The maximum absolute atomic E-state index is 13.3. The molecule has 2 aliphatic heterocycles. The summed E-state index contributed by atoms with van der Waals surface area (Å²) >= 11 is 1.24. The standard InChI is InChI=1S/C25H31N3O7S2/c1-3-34-24(30)21-19-12-14-27(25(31)35-4-2)16-20(19)36-23(21)26-22(29)17-9-8-13-28(15-17)37(32,33)18-10-6-5-7-11-18/h5-7,10-11,17H,3-4,8-9,12-16H2,1-2H3,(H,26,29). The number of benzene rings is 1. The average Bonchev–Trinajstić information content (AvgIpc) is 3.26. The predicted molar refractivity (Wildman–Crippen MR) is 138 cm³/mol. The molecule has 1 unspecified atom stereocenters. The van der Waals surface area contributed by atoms with Gasteiger partial charge in [-0.05, 0) is 50.8 Å². The van der Waals surface area contributed by atoms with E-state index in [1.165, 1.54) is 15.6 Å². The molecule has 1 atom stereocenters. The van der Waals surface area contributed by atoms with Crippen molar-refractivity contribution in [3.05, 3.63) is 46.3 Å². The average molecular weight is 550 g/mol. The van der Waals surface area contributed by atoms with Crippen molar-refractivity contribution in [1.82, 2.24) is 9.21 Å². The highest BCUT2D eigenvalue weighted by Gasteiger charge is 2.36. The number of nitrogens with zero attached hydrogens (tertiary/aromatic N) is 2. The van der Waals surface area contributed by atoms with Crippen molar-refractivity contribution in [3.63, 3.8) is 0 Å². The third-order valence-corrected chi connectivity index (χ3v) is 9.45. The van der Waals surface area contributed by atoms with Gasteiger partial charge in [0.1, 0.15) is 5.00 Å². The highest BCUT2D eigenvalue weighted by Crippen LogP contribution is 2.38. The molecule has 12 heteroatoms. The number of amides is 2. The molecule has 0 bridgehead atoms. The van der Waals surface area contributed by atoms with Crippen LogP contribution in [0.2, 0.25) is 0 Å². The fourth-order valence-corrected chi connectivity index (χ4v) is 7.41. The number of carbonyl (C=O) groups is 3. The van der Waals surface area contributed by atoms with E-state index in [9.17, 15) is 22.8 Å². The third kappa shape index (κ3) is 5.81. The van der Waals surface area contributed by atoms with Crippen molar-refractivity contribution >= 4 is 44.3 Å². The number of carbonyl (C=O) groups excluding carboxylic acids is 3. The van der Waals surface area contributed by atoms with Crippen LogP contribution in [0.5, 0.6) is 0 Å². The van der Waals surface area contributed by atoms with Gasteiger partial charge in [0.05, 0.1) is 36.1 Å². The van der Waals surface area contributed by atoms with Crippen molar-refractivity contribution in [2.75, 3.05) is 38.2 Å². The van der Waals surface area contributed by atoms with Crippen LogP contribution in [0, 0.1) is 5.92 Å². The van der Waals surface area contributed by atoms with Gasteiger partial charge in [0, 0.05) is 24.5 Å². The highest BCUT2D eigenvalue weighted by molar-refractivity contribution is 7.89. The van der Waals surface area contributed by atoms with Crippen LogP contribution in [0.3, 0.4) is 0 Å². The number of anilines is 1. The molecule has 1 aromatic carbocycles. The summed E-state index contributed by atoms with van der Waals surface area (Å²) in [5.41, 5.74) is 1.07. The van der Waals surface area contributed by atoms with E-state index in [0.29, 0.717) is 42.9 Å². The molecule has 4 rings (SSSR count). The second-order valence-corrected chi connectivity index (χ2v) is 11.8. The number of thiophene rings is 1. The minimum absolute atomic E-state index is 0.0551. The van der Waals surface area contributed by atoms with Crippen molar-refractivity contribution in [2.45, 2.75) is 44.6 Å². The monoisotopic (exact) mass is 549 g/mol. The Labute approximate surface area is 220 Å². The Morgan fingerprint density at radius 2 is 1.81 bits per heavy atom. The first-order valence-electron chi connectivity index (χ1n) is 12.4. The zero-order chi connectivity index (χ0) is 26.6. The number of sulfonamides is 1. The van der Waals surface area contributed by atoms with E-state index in [0.717, 1.165) is 10.4 Å². The Morgan fingerprint density at radius 1 is 1.08 bits per heavy atom. The predicted octanol–water partition coefficient (Wildman–Crippen LogP) is 3.48. The lowest BCUT2D eigenvalue weighted by Crippen LogP contribution is -2.43. The molecule has 1 aromatic heterocycles. The number of nitrogens with one attached hydrogen (secondary N) is 1. The fourth-order valence-electron chi connectivity index (χ4n) is 4.61. The number of piperidine rings is 1. The molecular formula is C25H31N3O7S2. The van der Waals surface area contributed by atoms with E-state index in [1.807, 2.05) is 0 Å². The van der Waals surface area contributed by atoms with Crippen LogP contribution in [0.4, 0.5) is 9.80 Å². The lowest BCUT2D eigenvalue weighted by Gasteiger charge is -2.31. The smallest absolute Gasteiger partial charge is 0.410 e. The van der Waals surface area contributed by atoms with E-state index in [2.05, 4.69) is 5.32 Å². The van der Waals surface area contributed by atoms with Gasteiger partial charge in [-0.15, -0.1) is 11.3 Å². The van der Waals surface area contributed by atoms with Crippen LogP contribution in [-0.2, 0) is 37.3 Å². The second kappa shape index (κ2) is 11.6. The van der Waals surface area contributed by atoms with E-state index < -0.39 is 28.0 Å². The number of hydrogen-bond donors (Lipinski definition) is 1. The summed E-state index contributed by atoms with van der Waals surface area (Å²) in [5.74, 6) is -1.45. The molecule has 1 fully saturated rings. The molecule has 10 nitrogen and oxygen atoms in total. The number of rotatable bonds is 7. The Hall–Kier alpha value is -2.96. The quantitative estimate of drug-likeness (QED) is 0.525. The van der Waals surface area contributed by atoms with Crippen LogP contribution in [0.25, 0.3) is 0 Å². The maximum atomic E-state index is 13.3. The third-order valence-electron chi connectivity index (χ3n) is 6.44. The minimum Gasteiger partial charge on any atom is -0.462 e. The first-order valence-corrected chi connectivity index (χ1v) is 14.6. The normalized spacial score (nSPS) is 18.1. The minimum atomic E-state index is -3.72. The molecule has 2 aromatic rings. The van der Waals surface area contributed by atoms with Gasteiger partial charge in [-0.3, -0.25) is 4.79 Å². The van der Waals surface area contributed by atoms with E-state index >= 15 is 0 Å². The summed E-state index contributed by atoms with van der Waals surface area (Å²) in [4.78, 5) is 40.9. The molecule has 1 saturated heterocycles. The molecule has 200 valence electrons. The molecule has 0 saturated carbocycles. The summed E-state index contributed by atoms with van der Waals surface area (Å²) in [6.45, 7) is 4.95. The van der Waals surface area contributed by atoms with Gasteiger partial charge in [0.2, 0.25) is 15.9 Å². The second-order valence-electron chi connectivity index (χ2n) is 8.80. The van der Waals surface area contributed by atoms with Crippen molar-refractivity contribution < 1.29 is 32.3 Å². The summed E-state index contributed by atoms with van der Waals surface area (Å²) in [6, 6.07) is 8.17. The van der Waals surface area contributed by atoms with Crippen molar-refractivity contribution in [2.24, 2.45) is 5.92 Å². The molecule has 0 radical (unpaired) electrons. The molecular weight excluding hydrogens is 518 g/mol. The van der Waals surface area contributed by atoms with Gasteiger partial charge in [-0.25, -0.2) is 18.0 Å². The lowest BCUT2D eigenvalue weighted by atomic mass is 9.98. The molecule has 1 N–H and O–H groups in total. The maximum Gasteiger partial charge on any atom is 0.410 e. The molecule has 2 aliphatic rings. The Kier molecular flexibility index (Phi) is 8.50. The van der Waals surface area contributed by atoms with Crippen LogP contribution in [0.15, 0.2) is 35.2 Å². The summed E-state index contributed by atoms with van der Waals surface area (Å²) in [6.07, 6.45) is 1.08. The van der Waals surface area contributed by atoms with Gasteiger partial charge >= 0.3 is 12.1 Å². The fraction of sp³-hybridized carbons (Fsp3) is 0.480. The Morgan fingerprint density at radius 3 is 2.51 bits per heavy atom. The van der Waals surface area contributed by atoms with Crippen molar-refractivity contribution in [1.29, 1.82) is 0 Å². The highest BCUT2D eigenvalue weighted by atomic mass is 32.2. The molecule has 37 heavy (non-hydrogen) atoms. The SMILES string of the molecule is CCOC(=O)c1c(NC(=O)C2CCCN(S(=O)(=O)c3ccccc3)C2)sc2c1CCN(C(=O)OCC)C2. The van der Waals surface area contributed by atoms with Crippen LogP contribution in [0.1, 0.15) is 47.5 Å². The van der Waals surface area contributed by atoms with E-state index in [4.69, 9.17) is 9.47 Å².